The molecule has 0 radical (unpaired) electrons. The Morgan fingerprint density at radius 2 is 1.93 bits per heavy atom. The van der Waals surface area contributed by atoms with Crippen molar-refractivity contribution in [3.8, 4) is 22.9 Å². The van der Waals surface area contributed by atoms with Crippen LogP contribution in [0.3, 0.4) is 0 Å². The summed E-state index contributed by atoms with van der Waals surface area (Å²) >= 11 is 6.02. The number of phenolic OH excluding ortho intramolecular Hbond substituents is 1. The van der Waals surface area contributed by atoms with Crippen molar-refractivity contribution in [3.63, 3.8) is 0 Å². The van der Waals surface area contributed by atoms with Gasteiger partial charge in [0.05, 0.1) is 16.3 Å². The number of rotatable bonds is 5. The van der Waals surface area contributed by atoms with E-state index in [4.69, 9.17) is 16.3 Å². The van der Waals surface area contributed by atoms with Gasteiger partial charge in [0.15, 0.2) is 0 Å². The Kier molecular flexibility index (Phi) is 5.42. The molecule has 2 aromatic carbocycles. The summed E-state index contributed by atoms with van der Waals surface area (Å²) in [5, 5.41) is 16.9. The smallest absolute Gasteiger partial charge is 0.508 e. The van der Waals surface area contributed by atoms with Crippen LogP contribution in [0.25, 0.3) is 5.69 Å². The third kappa shape index (κ3) is 4.45. The second-order valence-corrected chi connectivity index (χ2v) is 6.36. The predicted octanol–water partition coefficient (Wildman–Crippen LogP) is 3.11. The van der Waals surface area contributed by atoms with Crippen LogP contribution in [-0.2, 0) is 13.7 Å². The fourth-order valence-corrected chi connectivity index (χ4v) is 2.70. The van der Waals surface area contributed by atoms with Gasteiger partial charge < -0.3 is 14.6 Å². The Morgan fingerprint density at radius 3 is 2.55 bits per heavy atom. The van der Waals surface area contributed by atoms with Crippen molar-refractivity contribution >= 4 is 11.6 Å². The first-order valence-electron chi connectivity index (χ1n) is 8.06. The zero-order valence-corrected chi connectivity index (χ0v) is 15.8. The number of alkyl halides is 3. The third-order valence-electron chi connectivity index (χ3n) is 3.91. The van der Waals surface area contributed by atoms with Gasteiger partial charge in [-0.25, -0.2) is 4.79 Å². The van der Waals surface area contributed by atoms with Gasteiger partial charge in [0, 0.05) is 13.1 Å². The second kappa shape index (κ2) is 7.66. The van der Waals surface area contributed by atoms with E-state index in [2.05, 4.69) is 15.2 Å². The summed E-state index contributed by atoms with van der Waals surface area (Å²) in [6.45, 7) is 1.16. The zero-order chi connectivity index (χ0) is 21.3. The number of hydrogen-bond donors (Lipinski definition) is 1. The molecule has 3 rings (SSSR count). The highest BCUT2D eigenvalue weighted by atomic mass is 35.5. The Morgan fingerprint density at radius 1 is 1.21 bits per heavy atom. The topological polar surface area (TPSA) is 91.4 Å². The number of aromatic hydroxyl groups is 1. The molecular weight excluding hydrogens is 417 g/mol. The van der Waals surface area contributed by atoms with E-state index in [0.29, 0.717) is 5.56 Å². The predicted molar refractivity (Wildman–Crippen MR) is 95.5 cm³/mol. The van der Waals surface area contributed by atoms with E-state index in [1.807, 2.05) is 0 Å². The number of aromatic nitrogens is 4. The lowest BCUT2D eigenvalue weighted by molar-refractivity contribution is -0.275. The number of tetrazole rings is 1. The van der Waals surface area contributed by atoms with E-state index < -0.39 is 24.4 Å². The van der Waals surface area contributed by atoms with Crippen LogP contribution < -0.4 is 15.2 Å². The number of nitrogens with zero attached hydrogens (tertiary/aromatic N) is 4. The Hall–Kier alpha value is -3.21. The molecule has 3 aromatic rings. The molecule has 0 atom stereocenters. The zero-order valence-electron chi connectivity index (χ0n) is 15.1. The molecule has 1 aromatic heterocycles. The SMILES string of the molecule is Cc1cc(OCc2c(OC(F)(F)F)cccc2-n2nnn(C)c2=O)c(Cl)cc1O. The highest BCUT2D eigenvalue weighted by Gasteiger charge is 2.33. The van der Waals surface area contributed by atoms with Crippen molar-refractivity contribution in [1.29, 1.82) is 0 Å². The highest BCUT2D eigenvalue weighted by Crippen LogP contribution is 2.34. The first kappa shape index (κ1) is 20.5. The Bertz CT molecular complexity index is 1110. The molecule has 8 nitrogen and oxygen atoms in total. The molecule has 0 fully saturated rings. The van der Waals surface area contributed by atoms with E-state index in [-0.39, 0.29) is 27.8 Å². The number of halogens is 4. The van der Waals surface area contributed by atoms with Gasteiger partial charge in [0.1, 0.15) is 23.9 Å². The molecule has 0 unspecified atom stereocenters. The maximum atomic E-state index is 12.9. The summed E-state index contributed by atoms with van der Waals surface area (Å²) in [4.78, 5) is 12.2. The molecule has 0 aliphatic carbocycles. The number of benzene rings is 2. The molecule has 12 heteroatoms. The fraction of sp³-hybridized carbons (Fsp3) is 0.235. The van der Waals surface area contributed by atoms with E-state index in [1.165, 1.54) is 31.3 Å². The van der Waals surface area contributed by atoms with Gasteiger partial charge in [-0.15, -0.1) is 13.2 Å². The molecule has 0 amide bonds. The average Bonchev–Trinajstić information content (AvgIpc) is 2.95. The minimum Gasteiger partial charge on any atom is -0.508 e. The van der Waals surface area contributed by atoms with Gasteiger partial charge in [-0.3, -0.25) is 0 Å². The van der Waals surface area contributed by atoms with Crippen molar-refractivity contribution < 1.29 is 27.8 Å². The largest absolute Gasteiger partial charge is 0.573 e. The molecule has 29 heavy (non-hydrogen) atoms. The van der Waals surface area contributed by atoms with Crippen LogP contribution in [0.15, 0.2) is 35.1 Å². The van der Waals surface area contributed by atoms with Crippen LogP contribution in [0.1, 0.15) is 11.1 Å². The first-order chi connectivity index (χ1) is 13.6. The number of ether oxygens (including phenoxy) is 2. The lowest BCUT2D eigenvalue weighted by Gasteiger charge is -2.17. The quantitative estimate of drug-likeness (QED) is 0.668. The second-order valence-electron chi connectivity index (χ2n) is 5.96. The van der Waals surface area contributed by atoms with Gasteiger partial charge in [0.2, 0.25) is 0 Å². The molecule has 0 saturated heterocycles. The third-order valence-corrected chi connectivity index (χ3v) is 4.20. The van der Waals surface area contributed by atoms with E-state index in [0.717, 1.165) is 15.4 Å². The minimum atomic E-state index is -4.96. The van der Waals surface area contributed by atoms with Gasteiger partial charge in [-0.1, -0.05) is 17.7 Å². The Labute approximate surface area is 166 Å². The van der Waals surface area contributed by atoms with Crippen molar-refractivity contribution in [2.75, 3.05) is 0 Å². The standard InChI is InChI=1S/C17H14ClF3N4O4/c1-9-6-15(11(18)7-13(9)26)28-8-10-12(25-16(27)24(2)22-23-25)4-3-5-14(10)29-17(19,20)21/h3-7,26H,8H2,1-2H3. The van der Waals surface area contributed by atoms with Crippen LogP contribution in [0, 0.1) is 6.92 Å². The van der Waals surface area contributed by atoms with Crippen molar-refractivity contribution in [2.24, 2.45) is 7.05 Å². The van der Waals surface area contributed by atoms with Crippen molar-refractivity contribution in [2.45, 2.75) is 19.9 Å². The summed E-state index contributed by atoms with van der Waals surface area (Å²) in [6, 6.07) is 6.42. The summed E-state index contributed by atoms with van der Waals surface area (Å²) < 4.78 is 49.9. The summed E-state index contributed by atoms with van der Waals surface area (Å²) in [5.74, 6) is -0.504. The lowest BCUT2D eigenvalue weighted by Crippen LogP contribution is -2.24. The molecule has 0 spiro atoms. The van der Waals surface area contributed by atoms with E-state index >= 15 is 0 Å². The highest BCUT2D eigenvalue weighted by molar-refractivity contribution is 6.32. The maximum Gasteiger partial charge on any atom is 0.573 e. The van der Waals surface area contributed by atoms with Gasteiger partial charge in [0.25, 0.3) is 0 Å². The molecule has 1 N–H and O–H groups in total. The van der Waals surface area contributed by atoms with Crippen LogP contribution in [0.5, 0.6) is 17.2 Å². The van der Waals surface area contributed by atoms with Crippen LogP contribution >= 0.6 is 11.6 Å². The average molecular weight is 431 g/mol. The van der Waals surface area contributed by atoms with Crippen LogP contribution in [0.4, 0.5) is 13.2 Å². The summed E-state index contributed by atoms with van der Waals surface area (Å²) in [6.07, 6.45) is -4.96. The normalized spacial score (nSPS) is 11.5. The number of aryl methyl sites for hydroxylation is 2. The van der Waals surface area contributed by atoms with Gasteiger partial charge >= 0.3 is 12.1 Å². The maximum absolute atomic E-state index is 12.9. The molecule has 0 aliphatic heterocycles. The molecule has 0 bridgehead atoms. The number of phenols is 1. The van der Waals surface area contributed by atoms with Crippen molar-refractivity contribution in [1.82, 2.24) is 19.8 Å². The first-order valence-corrected chi connectivity index (χ1v) is 8.43. The summed E-state index contributed by atoms with van der Waals surface area (Å²) in [7, 11) is 1.34. The van der Waals surface area contributed by atoms with E-state index in [9.17, 15) is 23.1 Å². The molecular formula is C17H14ClF3N4O4. The molecule has 0 saturated carbocycles. The van der Waals surface area contributed by atoms with Gasteiger partial charge in [-0.05, 0) is 41.1 Å². The van der Waals surface area contributed by atoms with Crippen LogP contribution in [0.2, 0.25) is 5.02 Å². The molecule has 154 valence electrons. The monoisotopic (exact) mass is 430 g/mol. The number of hydrogen-bond acceptors (Lipinski definition) is 6. The minimum absolute atomic E-state index is 0.00327. The summed E-state index contributed by atoms with van der Waals surface area (Å²) in [5.41, 5.74) is -0.325. The van der Waals surface area contributed by atoms with Crippen LogP contribution in [-0.4, -0.2) is 31.3 Å². The molecule has 1 heterocycles. The Balaban J connectivity index is 2.06. The van der Waals surface area contributed by atoms with Gasteiger partial charge in [-0.2, -0.15) is 9.36 Å². The van der Waals surface area contributed by atoms with Crippen molar-refractivity contribution in [3.05, 3.63) is 57.0 Å². The molecule has 0 aliphatic rings. The fourth-order valence-electron chi connectivity index (χ4n) is 2.49. The lowest BCUT2D eigenvalue weighted by atomic mass is 10.1. The van der Waals surface area contributed by atoms with E-state index in [1.54, 1.807) is 6.92 Å².